The van der Waals surface area contributed by atoms with Gasteiger partial charge in [0.2, 0.25) is 0 Å². The van der Waals surface area contributed by atoms with Crippen LogP contribution in [-0.4, -0.2) is 42.7 Å². The maximum Gasteiger partial charge on any atom is 0.193 e. The van der Waals surface area contributed by atoms with Crippen LogP contribution < -0.4 is 5.32 Å². The summed E-state index contributed by atoms with van der Waals surface area (Å²) >= 11 is 3.50. The van der Waals surface area contributed by atoms with Gasteiger partial charge in [0.25, 0.3) is 0 Å². The number of aromatic nitrogens is 1. The molecule has 0 saturated heterocycles. The number of furan rings is 1. The topological polar surface area (TPSA) is 54.9 Å². The molecule has 0 aliphatic carbocycles. The van der Waals surface area contributed by atoms with Crippen LogP contribution >= 0.6 is 39.9 Å². The third kappa shape index (κ3) is 7.41. The molecule has 2 rings (SSSR count). The minimum atomic E-state index is 0. The van der Waals surface area contributed by atoms with Crippen LogP contribution in [-0.2, 0) is 24.9 Å². The summed E-state index contributed by atoms with van der Waals surface area (Å²) in [6.07, 6.45) is 4.62. The van der Waals surface area contributed by atoms with E-state index in [1.165, 1.54) is 5.69 Å². The molecule has 0 saturated carbocycles. The molecule has 0 aromatic carbocycles. The molecule has 2 aromatic rings. The highest BCUT2D eigenvalue weighted by atomic mass is 127. The van der Waals surface area contributed by atoms with Crippen molar-refractivity contribution in [2.75, 3.05) is 27.2 Å². The SMILES string of the molecule is CN=C(NCCCOCc1ccco1)N(C)Cc1cc(Br)cn1C.I. The standard InChI is InChI=1S/C17H25BrN4O2.HI/c1-19-17(22(3)12-15-10-14(18)11-21(15)2)20-7-5-8-23-13-16-6-4-9-24-16;/h4,6,9-11H,5,7-8,12-13H2,1-3H3,(H,19,20);1H. The maximum atomic E-state index is 5.57. The van der Waals surface area contributed by atoms with Gasteiger partial charge in [0.05, 0.1) is 12.8 Å². The Labute approximate surface area is 174 Å². The Balaban J connectivity index is 0.00000312. The number of ether oxygens (including phenoxy) is 1. The molecule has 0 bridgehead atoms. The number of guanidine groups is 1. The van der Waals surface area contributed by atoms with Gasteiger partial charge in [0, 0.05) is 50.7 Å². The zero-order chi connectivity index (χ0) is 17.4. The maximum absolute atomic E-state index is 5.57. The molecule has 6 nitrogen and oxygen atoms in total. The molecule has 8 heteroatoms. The smallest absolute Gasteiger partial charge is 0.193 e. The summed E-state index contributed by atoms with van der Waals surface area (Å²) in [6, 6.07) is 5.90. The molecule has 1 N–H and O–H groups in total. The molecule has 0 atom stereocenters. The molecule has 2 aromatic heterocycles. The van der Waals surface area contributed by atoms with Crippen molar-refractivity contribution in [3.05, 3.63) is 46.6 Å². The molecular weight excluding hydrogens is 499 g/mol. The van der Waals surface area contributed by atoms with Crippen LogP contribution in [0.4, 0.5) is 0 Å². The first-order valence-electron chi connectivity index (χ1n) is 7.93. The molecule has 0 aliphatic heterocycles. The Bertz CT molecular complexity index is 643. The first kappa shape index (κ1) is 22.0. The minimum Gasteiger partial charge on any atom is -0.467 e. The van der Waals surface area contributed by atoms with E-state index in [9.17, 15) is 0 Å². The Morgan fingerprint density at radius 1 is 1.48 bits per heavy atom. The van der Waals surface area contributed by atoms with Gasteiger partial charge in [-0.05, 0) is 40.5 Å². The van der Waals surface area contributed by atoms with Crippen molar-refractivity contribution in [3.63, 3.8) is 0 Å². The molecule has 0 spiro atoms. The van der Waals surface area contributed by atoms with Gasteiger partial charge in [0.15, 0.2) is 5.96 Å². The molecule has 0 unspecified atom stereocenters. The summed E-state index contributed by atoms with van der Waals surface area (Å²) in [6.45, 7) is 2.80. The van der Waals surface area contributed by atoms with Gasteiger partial charge in [-0.2, -0.15) is 0 Å². The van der Waals surface area contributed by atoms with Crippen LogP contribution in [0.2, 0.25) is 0 Å². The van der Waals surface area contributed by atoms with E-state index in [1.807, 2.05) is 26.2 Å². The molecule has 140 valence electrons. The highest BCUT2D eigenvalue weighted by Gasteiger charge is 2.09. The summed E-state index contributed by atoms with van der Waals surface area (Å²) in [5.41, 5.74) is 1.22. The highest BCUT2D eigenvalue weighted by Crippen LogP contribution is 2.14. The quantitative estimate of drug-likeness (QED) is 0.248. The Kier molecular flexibility index (Phi) is 10.2. The normalized spacial score (nSPS) is 11.3. The molecule has 0 amide bonds. The molecule has 0 radical (unpaired) electrons. The minimum absolute atomic E-state index is 0. The van der Waals surface area contributed by atoms with Crippen molar-refractivity contribution in [2.24, 2.45) is 12.0 Å². The second-order valence-electron chi connectivity index (χ2n) is 5.58. The van der Waals surface area contributed by atoms with Crippen LogP contribution in [0.15, 0.2) is 44.5 Å². The fourth-order valence-corrected chi connectivity index (χ4v) is 2.94. The summed E-state index contributed by atoms with van der Waals surface area (Å²) in [4.78, 5) is 6.44. The second kappa shape index (κ2) is 11.6. The number of nitrogens with zero attached hydrogens (tertiary/aromatic N) is 3. The van der Waals surface area contributed by atoms with E-state index in [2.05, 4.69) is 48.0 Å². The van der Waals surface area contributed by atoms with E-state index in [4.69, 9.17) is 9.15 Å². The van der Waals surface area contributed by atoms with Gasteiger partial charge < -0.3 is 23.9 Å². The lowest BCUT2D eigenvalue weighted by atomic mass is 10.4. The monoisotopic (exact) mass is 524 g/mol. The van der Waals surface area contributed by atoms with Gasteiger partial charge in [-0.1, -0.05) is 0 Å². The number of aliphatic imine (C=N–C) groups is 1. The predicted molar refractivity (Wildman–Crippen MR) is 114 cm³/mol. The fraction of sp³-hybridized carbons (Fsp3) is 0.471. The lowest BCUT2D eigenvalue weighted by Crippen LogP contribution is -2.39. The molecule has 0 aliphatic rings. The average molecular weight is 525 g/mol. The van der Waals surface area contributed by atoms with E-state index < -0.39 is 0 Å². The van der Waals surface area contributed by atoms with Gasteiger partial charge in [0.1, 0.15) is 12.4 Å². The Morgan fingerprint density at radius 2 is 2.28 bits per heavy atom. The van der Waals surface area contributed by atoms with E-state index in [-0.39, 0.29) is 24.0 Å². The molecule has 0 fully saturated rings. The Hall–Kier alpha value is -1.000. The predicted octanol–water partition coefficient (Wildman–Crippen LogP) is 3.61. The summed E-state index contributed by atoms with van der Waals surface area (Å²) in [7, 11) is 5.87. The number of aryl methyl sites for hydroxylation is 1. The van der Waals surface area contributed by atoms with Crippen LogP contribution in [0.25, 0.3) is 0 Å². The number of nitrogens with one attached hydrogen (secondary N) is 1. The van der Waals surface area contributed by atoms with E-state index in [1.54, 1.807) is 13.3 Å². The van der Waals surface area contributed by atoms with Crippen LogP contribution in [0.5, 0.6) is 0 Å². The summed E-state index contributed by atoms with van der Waals surface area (Å²) in [5, 5.41) is 3.36. The van der Waals surface area contributed by atoms with Crippen molar-refractivity contribution in [2.45, 2.75) is 19.6 Å². The van der Waals surface area contributed by atoms with E-state index in [0.717, 1.165) is 35.7 Å². The van der Waals surface area contributed by atoms with E-state index in [0.29, 0.717) is 13.2 Å². The second-order valence-corrected chi connectivity index (χ2v) is 6.49. The number of hydrogen-bond donors (Lipinski definition) is 1. The van der Waals surface area contributed by atoms with Crippen molar-refractivity contribution >= 4 is 45.9 Å². The van der Waals surface area contributed by atoms with Crippen molar-refractivity contribution in [3.8, 4) is 0 Å². The van der Waals surface area contributed by atoms with Crippen molar-refractivity contribution in [1.29, 1.82) is 0 Å². The number of halogens is 2. The lowest BCUT2D eigenvalue weighted by Gasteiger charge is -2.22. The molecular formula is C17H26BrIN4O2. The lowest BCUT2D eigenvalue weighted by molar-refractivity contribution is 0.104. The van der Waals surface area contributed by atoms with Gasteiger partial charge >= 0.3 is 0 Å². The van der Waals surface area contributed by atoms with Crippen LogP contribution in [0, 0.1) is 0 Å². The Morgan fingerprint density at radius 3 is 2.88 bits per heavy atom. The van der Waals surface area contributed by atoms with E-state index >= 15 is 0 Å². The van der Waals surface area contributed by atoms with Crippen molar-refractivity contribution < 1.29 is 9.15 Å². The van der Waals surface area contributed by atoms with Crippen LogP contribution in [0.3, 0.4) is 0 Å². The van der Waals surface area contributed by atoms with Crippen LogP contribution in [0.1, 0.15) is 17.9 Å². The zero-order valence-corrected chi connectivity index (χ0v) is 18.8. The number of rotatable bonds is 8. The average Bonchev–Trinajstić information content (AvgIpc) is 3.16. The number of hydrogen-bond acceptors (Lipinski definition) is 3. The van der Waals surface area contributed by atoms with Crippen molar-refractivity contribution in [1.82, 2.24) is 14.8 Å². The molecule has 2 heterocycles. The first-order valence-corrected chi connectivity index (χ1v) is 8.72. The van der Waals surface area contributed by atoms with Gasteiger partial charge in [-0.25, -0.2) is 0 Å². The third-order valence-corrected chi connectivity index (χ3v) is 4.05. The fourth-order valence-electron chi connectivity index (χ4n) is 2.37. The largest absolute Gasteiger partial charge is 0.467 e. The van der Waals surface area contributed by atoms with Gasteiger partial charge in [-0.3, -0.25) is 4.99 Å². The molecule has 25 heavy (non-hydrogen) atoms. The first-order chi connectivity index (χ1) is 11.6. The highest BCUT2D eigenvalue weighted by molar-refractivity contribution is 14.0. The van der Waals surface area contributed by atoms with Gasteiger partial charge in [-0.15, -0.1) is 24.0 Å². The third-order valence-electron chi connectivity index (χ3n) is 3.62. The zero-order valence-electron chi connectivity index (χ0n) is 14.9. The summed E-state index contributed by atoms with van der Waals surface area (Å²) in [5.74, 6) is 1.73. The summed E-state index contributed by atoms with van der Waals surface area (Å²) < 4.78 is 14.0.